The molecule has 0 spiro atoms. The lowest BCUT2D eigenvalue weighted by Crippen LogP contribution is -2.30. The summed E-state index contributed by atoms with van der Waals surface area (Å²) in [5, 5.41) is 1.10. The van der Waals surface area contributed by atoms with Gasteiger partial charge in [-0.15, -0.1) is 0 Å². The number of benzene rings is 3. The first-order chi connectivity index (χ1) is 18.2. The Morgan fingerprint density at radius 1 is 0.973 bits per heavy atom. The molecule has 0 radical (unpaired) electrons. The summed E-state index contributed by atoms with van der Waals surface area (Å²) in [6, 6.07) is 23.0. The molecule has 1 amide bonds. The highest BCUT2D eigenvalue weighted by molar-refractivity contribution is 5.85. The zero-order valence-corrected chi connectivity index (χ0v) is 20.9. The summed E-state index contributed by atoms with van der Waals surface area (Å²) < 4.78 is 13.3. The van der Waals surface area contributed by atoms with Crippen molar-refractivity contribution in [2.45, 2.75) is 25.8 Å². The highest BCUT2D eigenvalue weighted by atomic mass is 16.5. The fourth-order valence-corrected chi connectivity index (χ4v) is 5.63. The van der Waals surface area contributed by atoms with E-state index in [2.05, 4.69) is 51.9 Å². The summed E-state index contributed by atoms with van der Waals surface area (Å²) in [5.74, 6) is 2.81. The van der Waals surface area contributed by atoms with E-state index in [1.54, 1.807) is 13.4 Å². The first-order valence-corrected chi connectivity index (χ1v) is 13.1. The summed E-state index contributed by atoms with van der Waals surface area (Å²) in [6.07, 6.45) is 4.87. The molecule has 2 aromatic heterocycles. The van der Waals surface area contributed by atoms with Crippen molar-refractivity contribution in [2.24, 2.45) is 11.8 Å². The number of ether oxygens (including phenoxy) is 1. The average molecular weight is 492 g/mol. The SMILES string of the molecule is COc1ccc2c(c1)nc(-c1ccc(-c3ccc4occc4c3)cc1)n2C[C@@H]1CCN(C(=O)C2CC2)C1. The van der Waals surface area contributed by atoms with E-state index in [-0.39, 0.29) is 5.92 Å². The predicted octanol–water partition coefficient (Wildman–Crippen LogP) is 6.38. The lowest BCUT2D eigenvalue weighted by atomic mass is 10.0. The van der Waals surface area contributed by atoms with Gasteiger partial charge in [0.1, 0.15) is 17.2 Å². The van der Waals surface area contributed by atoms with Crippen molar-refractivity contribution >= 4 is 27.9 Å². The maximum Gasteiger partial charge on any atom is 0.225 e. The van der Waals surface area contributed by atoms with Gasteiger partial charge in [-0.3, -0.25) is 4.79 Å². The summed E-state index contributed by atoms with van der Waals surface area (Å²) in [7, 11) is 1.68. The molecule has 6 heteroatoms. The van der Waals surface area contributed by atoms with Crippen LogP contribution in [-0.4, -0.2) is 40.6 Å². The number of hydrogen-bond acceptors (Lipinski definition) is 4. The van der Waals surface area contributed by atoms with Crippen LogP contribution in [0.15, 0.2) is 77.4 Å². The van der Waals surface area contributed by atoms with Crippen molar-refractivity contribution in [2.75, 3.05) is 20.2 Å². The highest BCUT2D eigenvalue weighted by Crippen LogP contribution is 2.35. The first-order valence-electron chi connectivity index (χ1n) is 13.1. The van der Waals surface area contributed by atoms with Crippen molar-refractivity contribution in [1.82, 2.24) is 14.5 Å². The molecule has 1 aliphatic heterocycles. The third kappa shape index (κ3) is 4.06. The van der Waals surface area contributed by atoms with Gasteiger partial charge in [0, 0.05) is 42.6 Å². The van der Waals surface area contributed by atoms with E-state index in [0.29, 0.717) is 11.8 Å². The predicted molar refractivity (Wildman–Crippen MR) is 144 cm³/mol. The van der Waals surface area contributed by atoms with E-state index in [9.17, 15) is 4.79 Å². The second-order valence-electron chi connectivity index (χ2n) is 10.4. The fraction of sp³-hybridized carbons (Fsp3) is 0.290. The molecule has 7 rings (SSSR count). The molecule has 1 aliphatic carbocycles. The summed E-state index contributed by atoms with van der Waals surface area (Å²) in [5.41, 5.74) is 6.30. The third-order valence-electron chi connectivity index (χ3n) is 7.85. The van der Waals surface area contributed by atoms with Crippen LogP contribution in [0.2, 0.25) is 0 Å². The Kier molecular flexibility index (Phi) is 5.27. The second kappa shape index (κ2) is 8.80. The standard InChI is InChI=1S/C31H29N3O3/c1-36-26-9-10-28-27(17-26)32-30(34(28)19-20-12-14-33(18-20)31(35)23-6-7-23)22-4-2-21(3-5-22)24-8-11-29-25(16-24)13-15-37-29/h2-5,8-11,13,15-17,20,23H,6-7,12,14,18-19H2,1H3/t20-/m1/s1. The van der Waals surface area contributed by atoms with Gasteiger partial charge >= 0.3 is 0 Å². The minimum atomic E-state index is 0.281. The van der Waals surface area contributed by atoms with E-state index in [1.165, 1.54) is 0 Å². The Morgan fingerprint density at radius 2 is 1.78 bits per heavy atom. The summed E-state index contributed by atoms with van der Waals surface area (Å²) in [4.78, 5) is 19.8. The fourth-order valence-electron chi connectivity index (χ4n) is 5.63. The van der Waals surface area contributed by atoms with Gasteiger partial charge in [-0.05, 0) is 66.6 Å². The number of furan rings is 1. The van der Waals surface area contributed by atoms with E-state index in [4.69, 9.17) is 14.1 Å². The molecular formula is C31H29N3O3. The molecule has 2 aliphatic rings. The van der Waals surface area contributed by atoms with Crippen molar-refractivity contribution < 1.29 is 13.9 Å². The largest absolute Gasteiger partial charge is 0.497 e. The van der Waals surface area contributed by atoms with E-state index < -0.39 is 0 Å². The van der Waals surface area contributed by atoms with Gasteiger partial charge in [-0.1, -0.05) is 30.3 Å². The Bertz CT molecular complexity index is 1610. The molecule has 37 heavy (non-hydrogen) atoms. The van der Waals surface area contributed by atoms with Gasteiger partial charge in [0.15, 0.2) is 0 Å². The normalized spacial score (nSPS) is 17.6. The number of fused-ring (bicyclic) bond motifs is 2. The van der Waals surface area contributed by atoms with Gasteiger partial charge in [-0.25, -0.2) is 4.98 Å². The van der Waals surface area contributed by atoms with Crippen LogP contribution in [0.1, 0.15) is 19.3 Å². The molecule has 1 saturated carbocycles. The van der Waals surface area contributed by atoms with Gasteiger partial charge < -0.3 is 18.6 Å². The van der Waals surface area contributed by atoms with Gasteiger partial charge in [0.05, 0.1) is 24.4 Å². The number of methoxy groups -OCH3 is 1. The van der Waals surface area contributed by atoms with E-state index in [1.807, 2.05) is 24.3 Å². The topological polar surface area (TPSA) is 60.5 Å². The smallest absolute Gasteiger partial charge is 0.225 e. The lowest BCUT2D eigenvalue weighted by Gasteiger charge is -2.18. The maximum atomic E-state index is 12.6. The van der Waals surface area contributed by atoms with Crippen LogP contribution in [0.4, 0.5) is 0 Å². The van der Waals surface area contributed by atoms with Crippen LogP contribution >= 0.6 is 0 Å². The minimum absolute atomic E-state index is 0.281. The molecule has 5 aromatic rings. The van der Waals surface area contributed by atoms with Crippen molar-refractivity contribution in [3.63, 3.8) is 0 Å². The van der Waals surface area contributed by atoms with E-state index >= 15 is 0 Å². The number of amides is 1. The van der Waals surface area contributed by atoms with Crippen molar-refractivity contribution in [3.8, 4) is 28.3 Å². The maximum absolute atomic E-state index is 12.6. The molecular weight excluding hydrogens is 462 g/mol. The van der Waals surface area contributed by atoms with Crippen LogP contribution in [-0.2, 0) is 11.3 Å². The number of carbonyl (C=O) groups excluding carboxylic acids is 1. The van der Waals surface area contributed by atoms with E-state index in [0.717, 1.165) is 89.2 Å². The van der Waals surface area contributed by atoms with Crippen LogP contribution < -0.4 is 4.74 Å². The molecule has 0 unspecified atom stereocenters. The monoisotopic (exact) mass is 491 g/mol. The van der Waals surface area contributed by atoms with Crippen LogP contribution in [0.25, 0.3) is 44.5 Å². The zero-order chi connectivity index (χ0) is 24.9. The number of aromatic nitrogens is 2. The van der Waals surface area contributed by atoms with Crippen LogP contribution in [0, 0.1) is 11.8 Å². The van der Waals surface area contributed by atoms with Crippen LogP contribution in [0.3, 0.4) is 0 Å². The average Bonchev–Trinajstić information content (AvgIpc) is 3.33. The third-order valence-corrected chi connectivity index (χ3v) is 7.85. The second-order valence-corrected chi connectivity index (χ2v) is 10.4. The molecule has 3 aromatic carbocycles. The number of carbonyl (C=O) groups is 1. The molecule has 0 bridgehead atoms. The molecule has 2 fully saturated rings. The first kappa shape index (κ1) is 22.2. The van der Waals surface area contributed by atoms with Gasteiger partial charge in [0.2, 0.25) is 5.91 Å². The number of nitrogens with zero attached hydrogens (tertiary/aromatic N) is 3. The van der Waals surface area contributed by atoms with Gasteiger partial charge in [-0.2, -0.15) is 0 Å². The molecule has 1 atom stereocenters. The Labute approximate surface area is 215 Å². The Morgan fingerprint density at radius 3 is 2.59 bits per heavy atom. The quantitative estimate of drug-likeness (QED) is 0.276. The number of rotatable bonds is 6. The number of hydrogen-bond donors (Lipinski definition) is 0. The number of imidazole rings is 1. The zero-order valence-electron chi connectivity index (χ0n) is 20.9. The summed E-state index contributed by atoms with van der Waals surface area (Å²) in [6.45, 7) is 2.54. The molecule has 3 heterocycles. The molecule has 186 valence electrons. The summed E-state index contributed by atoms with van der Waals surface area (Å²) >= 11 is 0. The Hall–Kier alpha value is -4.06. The van der Waals surface area contributed by atoms with Crippen molar-refractivity contribution in [3.05, 3.63) is 73.0 Å². The molecule has 6 nitrogen and oxygen atoms in total. The Balaban J connectivity index is 1.22. The highest BCUT2D eigenvalue weighted by Gasteiger charge is 2.36. The van der Waals surface area contributed by atoms with Gasteiger partial charge in [0.25, 0.3) is 0 Å². The minimum Gasteiger partial charge on any atom is -0.497 e. The van der Waals surface area contributed by atoms with Crippen molar-refractivity contribution in [1.29, 1.82) is 0 Å². The molecule has 1 saturated heterocycles. The van der Waals surface area contributed by atoms with Crippen LogP contribution in [0.5, 0.6) is 5.75 Å². The lowest BCUT2D eigenvalue weighted by molar-refractivity contribution is -0.131. The molecule has 0 N–H and O–H groups in total. The number of likely N-dealkylation sites (tertiary alicyclic amines) is 1.